The predicted molar refractivity (Wildman–Crippen MR) is 65.0 cm³/mol. The number of hydrogen-bond acceptors (Lipinski definition) is 3. The molecule has 1 aromatic carbocycles. The molecule has 0 spiro atoms. The van der Waals surface area contributed by atoms with Crippen LogP contribution in [0.4, 0.5) is 0 Å². The molecule has 1 unspecified atom stereocenters. The normalized spacial score (nSPS) is 20.0. The van der Waals surface area contributed by atoms with Crippen LogP contribution in [0.1, 0.15) is 17.2 Å². The lowest BCUT2D eigenvalue weighted by molar-refractivity contribution is 0.283. The third kappa shape index (κ3) is 2.09. The Morgan fingerprint density at radius 3 is 2.94 bits per heavy atom. The van der Waals surface area contributed by atoms with Crippen molar-refractivity contribution in [3.8, 4) is 5.75 Å². The summed E-state index contributed by atoms with van der Waals surface area (Å²) in [6.45, 7) is 0.431. The minimum absolute atomic E-state index is 0.431. The number of halogens is 1. The maximum Gasteiger partial charge on any atom is 0.218 e. The number of ether oxygens (including phenoxy) is 1. The number of hydrogen-bond donors (Lipinski definition) is 1. The monoisotopic (exact) mass is 305 g/mol. The van der Waals surface area contributed by atoms with E-state index in [0.29, 0.717) is 18.8 Å². The van der Waals surface area contributed by atoms with Gasteiger partial charge in [-0.05, 0) is 25.2 Å². The maximum absolute atomic E-state index is 11.8. The minimum atomic E-state index is -3.30. The summed E-state index contributed by atoms with van der Waals surface area (Å²) in [7, 11) is -1.87. The van der Waals surface area contributed by atoms with Gasteiger partial charge in [0.05, 0.1) is 6.61 Å². The van der Waals surface area contributed by atoms with Gasteiger partial charge < -0.3 is 4.74 Å². The summed E-state index contributed by atoms with van der Waals surface area (Å²) in [5.74, 6) is 0.651. The highest BCUT2D eigenvalue weighted by atomic mass is 79.9. The topological polar surface area (TPSA) is 55.4 Å². The lowest BCUT2D eigenvalue weighted by atomic mass is 10.1. The van der Waals surface area contributed by atoms with Gasteiger partial charge in [0.15, 0.2) is 0 Å². The Bertz CT molecular complexity index is 501. The molecular formula is C10H12BrNO3S. The van der Waals surface area contributed by atoms with E-state index in [9.17, 15) is 8.42 Å². The van der Waals surface area contributed by atoms with Crippen LogP contribution in [-0.2, 0) is 10.0 Å². The number of benzene rings is 1. The largest absolute Gasteiger partial charge is 0.493 e. The fourth-order valence-corrected chi connectivity index (χ4v) is 3.39. The molecule has 0 amide bonds. The van der Waals surface area contributed by atoms with Crippen molar-refractivity contribution in [2.75, 3.05) is 13.7 Å². The number of fused-ring (bicyclic) bond motifs is 1. The van der Waals surface area contributed by atoms with Crippen LogP contribution in [0.3, 0.4) is 0 Å². The molecule has 1 aliphatic heterocycles. The first-order chi connectivity index (χ1) is 7.54. The Balaban J connectivity index is 2.51. The van der Waals surface area contributed by atoms with Crippen molar-refractivity contribution in [1.29, 1.82) is 0 Å². The van der Waals surface area contributed by atoms with E-state index in [0.717, 1.165) is 10.0 Å². The van der Waals surface area contributed by atoms with Crippen LogP contribution in [0.15, 0.2) is 22.7 Å². The summed E-state index contributed by atoms with van der Waals surface area (Å²) in [5.41, 5.74) is 0.718. The van der Waals surface area contributed by atoms with Crippen LogP contribution in [-0.4, -0.2) is 22.1 Å². The molecule has 1 heterocycles. The van der Waals surface area contributed by atoms with Crippen molar-refractivity contribution in [3.05, 3.63) is 28.2 Å². The number of rotatable bonds is 2. The summed E-state index contributed by atoms with van der Waals surface area (Å²) in [4.78, 5) is 0. The lowest BCUT2D eigenvalue weighted by Gasteiger charge is -2.25. The van der Waals surface area contributed by atoms with E-state index in [2.05, 4.69) is 20.7 Å². The predicted octanol–water partition coefficient (Wildman–Crippen LogP) is 1.82. The first-order valence-corrected chi connectivity index (χ1v) is 7.23. The highest BCUT2D eigenvalue weighted by Crippen LogP contribution is 2.38. The molecule has 0 saturated carbocycles. The summed E-state index contributed by atoms with van der Waals surface area (Å²) in [5, 5.41) is -0.529. The fourth-order valence-electron chi connectivity index (χ4n) is 1.80. The molecule has 0 bridgehead atoms. The van der Waals surface area contributed by atoms with Crippen LogP contribution in [0.25, 0.3) is 0 Å². The molecule has 0 aliphatic carbocycles. The SMILES string of the molecule is CNS(=O)(=O)C1CCOc2ccc(Br)cc21. The van der Waals surface area contributed by atoms with Crippen molar-refractivity contribution >= 4 is 26.0 Å². The molecular weight excluding hydrogens is 294 g/mol. The lowest BCUT2D eigenvalue weighted by Crippen LogP contribution is -2.29. The Kier molecular flexibility index (Phi) is 3.23. The Labute approximate surface area is 103 Å². The molecule has 16 heavy (non-hydrogen) atoms. The molecule has 88 valence electrons. The summed E-state index contributed by atoms with van der Waals surface area (Å²) in [6.07, 6.45) is 0.479. The molecule has 0 radical (unpaired) electrons. The average molecular weight is 306 g/mol. The van der Waals surface area contributed by atoms with E-state index in [1.54, 1.807) is 12.1 Å². The zero-order valence-electron chi connectivity index (χ0n) is 8.73. The van der Waals surface area contributed by atoms with Gasteiger partial charge in [-0.2, -0.15) is 0 Å². The molecule has 1 atom stereocenters. The van der Waals surface area contributed by atoms with Gasteiger partial charge in [-0.3, -0.25) is 0 Å². The van der Waals surface area contributed by atoms with Gasteiger partial charge in [0.25, 0.3) is 0 Å². The molecule has 0 fully saturated rings. The first-order valence-electron chi connectivity index (χ1n) is 4.89. The molecule has 1 aliphatic rings. The van der Waals surface area contributed by atoms with Crippen molar-refractivity contribution < 1.29 is 13.2 Å². The zero-order valence-corrected chi connectivity index (χ0v) is 11.1. The second-order valence-electron chi connectivity index (χ2n) is 3.56. The second-order valence-corrected chi connectivity index (χ2v) is 6.54. The zero-order chi connectivity index (χ0) is 11.8. The van der Waals surface area contributed by atoms with Gasteiger partial charge in [0, 0.05) is 16.5 Å². The van der Waals surface area contributed by atoms with Gasteiger partial charge in [0.2, 0.25) is 10.0 Å². The maximum atomic E-state index is 11.8. The standard InChI is InChI=1S/C10H12BrNO3S/c1-12-16(13,14)10-4-5-15-9-3-2-7(11)6-8(9)10/h2-3,6,10,12H,4-5H2,1H3. The highest BCUT2D eigenvalue weighted by molar-refractivity contribution is 9.10. The molecule has 2 rings (SSSR count). The second kappa shape index (κ2) is 4.35. The van der Waals surface area contributed by atoms with E-state index in [4.69, 9.17) is 4.74 Å². The van der Waals surface area contributed by atoms with Gasteiger partial charge in [0.1, 0.15) is 11.0 Å². The van der Waals surface area contributed by atoms with Gasteiger partial charge in [-0.25, -0.2) is 13.1 Å². The molecule has 4 nitrogen and oxygen atoms in total. The minimum Gasteiger partial charge on any atom is -0.493 e. The van der Waals surface area contributed by atoms with Crippen LogP contribution in [0, 0.1) is 0 Å². The number of nitrogens with one attached hydrogen (secondary N) is 1. The van der Waals surface area contributed by atoms with E-state index in [-0.39, 0.29) is 0 Å². The van der Waals surface area contributed by atoms with Gasteiger partial charge in [-0.15, -0.1) is 0 Å². The van der Waals surface area contributed by atoms with E-state index in [1.165, 1.54) is 7.05 Å². The van der Waals surface area contributed by atoms with Crippen molar-refractivity contribution in [3.63, 3.8) is 0 Å². The summed E-state index contributed by atoms with van der Waals surface area (Å²) in [6, 6.07) is 5.43. The van der Waals surface area contributed by atoms with E-state index < -0.39 is 15.3 Å². The molecule has 6 heteroatoms. The molecule has 1 aromatic rings. The molecule has 0 aromatic heterocycles. The fraction of sp³-hybridized carbons (Fsp3) is 0.400. The van der Waals surface area contributed by atoms with Crippen molar-refractivity contribution in [1.82, 2.24) is 4.72 Å². The molecule has 1 N–H and O–H groups in total. The Morgan fingerprint density at radius 2 is 2.25 bits per heavy atom. The van der Waals surface area contributed by atoms with Gasteiger partial charge >= 0.3 is 0 Å². The van der Waals surface area contributed by atoms with E-state index in [1.807, 2.05) is 6.07 Å². The van der Waals surface area contributed by atoms with E-state index >= 15 is 0 Å². The average Bonchev–Trinajstić information content (AvgIpc) is 2.28. The summed E-state index contributed by atoms with van der Waals surface area (Å²) < 4.78 is 32.4. The third-order valence-electron chi connectivity index (χ3n) is 2.62. The van der Waals surface area contributed by atoms with Gasteiger partial charge in [-0.1, -0.05) is 15.9 Å². The van der Waals surface area contributed by atoms with Crippen LogP contribution >= 0.6 is 15.9 Å². The Morgan fingerprint density at radius 1 is 1.50 bits per heavy atom. The highest BCUT2D eigenvalue weighted by Gasteiger charge is 2.31. The first kappa shape index (κ1) is 11.9. The van der Waals surface area contributed by atoms with Crippen LogP contribution in [0.2, 0.25) is 0 Å². The Hall–Kier alpha value is -0.590. The summed E-state index contributed by atoms with van der Waals surface area (Å²) >= 11 is 3.34. The van der Waals surface area contributed by atoms with Crippen LogP contribution in [0.5, 0.6) is 5.75 Å². The van der Waals surface area contributed by atoms with Crippen molar-refractivity contribution in [2.45, 2.75) is 11.7 Å². The van der Waals surface area contributed by atoms with Crippen molar-refractivity contribution in [2.24, 2.45) is 0 Å². The number of sulfonamides is 1. The van der Waals surface area contributed by atoms with Crippen LogP contribution < -0.4 is 9.46 Å². The smallest absolute Gasteiger partial charge is 0.218 e. The quantitative estimate of drug-likeness (QED) is 0.907. The molecule has 0 saturated heterocycles. The third-order valence-corrected chi connectivity index (χ3v) is 4.92.